The predicted molar refractivity (Wildman–Crippen MR) is 69.1 cm³/mol. The van der Waals surface area contributed by atoms with Crippen LogP contribution in [-0.4, -0.2) is 35.4 Å². The first-order chi connectivity index (χ1) is 10.1. The lowest BCUT2D eigenvalue weighted by molar-refractivity contribution is -0.229. The number of carbonyl (C=O) groups is 2. The zero-order valence-corrected chi connectivity index (χ0v) is 11.4. The van der Waals surface area contributed by atoms with E-state index in [0.29, 0.717) is 11.5 Å². The number of hydrogen-bond donors (Lipinski definition) is 1. The van der Waals surface area contributed by atoms with Crippen molar-refractivity contribution in [2.75, 3.05) is 13.2 Å². The van der Waals surface area contributed by atoms with E-state index in [-0.39, 0.29) is 19.1 Å². The zero-order chi connectivity index (χ0) is 15.0. The number of benzene rings is 1. The van der Waals surface area contributed by atoms with Gasteiger partial charge in [-0.25, -0.2) is 0 Å². The summed E-state index contributed by atoms with van der Waals surface area (Å²) in [5.74, 6) is -2.12. The highest BCUT2D eigenvalue weighted by molar-refractivity contribution is 5.87. The SMILES string of the molecule is CCOC(=O)C1C(CN2Oc3ccccc3O2)C1C(=O)O. The van der Waals surface area contributed by atoms with Crippen LogP contribution in [-0.2, 0) is 14.3 Å². The number of para-hydroxylation sites is 2. The van der Waals surface area contributed by atoms with E-state index >= 15 is 0 Å². The molecule has 21 heavy (non-hydrogen) atoms. The van der Waals surface area contributed by atoms with Crippen LogP contribution in [0.4, 0.5) is 0 Å². The summed E-state index contributed by atoms with van der Waals surface area (Å²) in [6.45, 7) is 2.11. The van der Waals surface area contributed by atoms with Gasteiger partial charge in [0.05, 0.1) is 25.0 Å². The van der Waals surface area contributed by atoms with Gasteiger partial charge in [-0.15, -0.1) is 0 Å². The highest BCUT2D eigenvalue weighted by Gasteiger charge is 2.61. The average molecular weight is 293 g/mol. The molecular weight excluding hydrogens is 278 g/mol. The molecule has 3 rings (SSSR count). The van der Waals surface area contributed by atoms with Crippen molar-refractivity contribution in [2.24, 2.45) is 17.8 Å². The lowest BCUT2D eigenvalue weighted by atomic mass is 10.3. The maximum absolute atomic E-state index is 11.7. The molecule has 1 fully saturated rings. The van der Waals surface area contributed by atoms with E-state index in [1.807, 2.05) is 12.1 Å². The third-order valence-corrected chi connectivity index (χ3v) is 3.62. The van der Waals surface area contributed by atoms with E-state index < -0.39 is 23.8 Å². The molecule has 1 N–H and O–H groups in total. The number of hydrogen-bond acceptors (Lipinski definition) is 6. The van der Waals surface area contributed by atoms with Crippen LogP contribution in [0.25, 0.3) is 0 Å². The Balaban J connectivity index is 1.63. The van der Waals surface area contributed by atoms with Gasteiger partial charge >= 0.3 is 11.9 Å². The highest BCUT2D eigenvalue weighted by Crippen LogP contribution is 2.48. The van der Waals surface area contributed by atoms with E-state index in [4.69, 9.17) is 19.5 Å². The van der Waals surface area contributed by atoms with Crippen molar-refractivity contribution in [1.29, 1.82) is 0 Å². The Morgan fingerprint density at radius 2 is 1.86 bits per heavy atom. The number of hydroxylamine groups is 2. The first-order valence-electron chi connectivity index (χ1n) is 6.73. The van der Waals surface area contributed by atoms with E-state index in [1.165, 1.54) is 5.23 Å². The van der Waals surface area contributed by atoms with Gasteiger partial charge in [0.1, 0.15) is 0 Å². The fraction of sp³-hybridized carbons (Fsp3) is 0.429. The average Bonchev–Trinajstić information content (AvgIpc) is 3.01. The van der Waals surface area contributed by atoms with E-state index in [0.717, 1.165) is 0 Å². The lowest BCUT2D eigenvalue weighted by Gasteiger charge is -2.11. The van der Waals surface area contributed by atoms with Crippen molar-refractivity contribution >= 4 is 11.9 Å². The van der Waals surface area contributed by atoms with Crippen LogP contribution in [0.2, 0.25) is 0 Å². The summed E-state index contributed by atoms with van der Waals surface area (Å²) < 4.78 is 4.90. The summed E-state index contributed by atoms with van der Waals surface area (Å²) in [4.78, 5) is 33.8. The third-order valence-electron chi connectivity index (χ3n) is 3.62. The minimum atomic E-state index is -1.00. The zero-order valence-electron chi connectivity index (χ0n) is 11.4. The Kier molecular flexibility index (Phi) is 3.42. The second-order valence-corrected chi connectivity index (χ2v) is 4.95. The summed E-state index contributed by atoms with van der Waals surface area (Å²) in [5.41, 5.74) is 0. The number of carboxylic acid groups (broad SMARTS) is 1. The lowest BCUT2D eigenvalue weighted by Crippen LogP contribution is -2.29. The Morgan fingerprint density at radius 1 is 1.24 bits per heavy atom. The Labute approximate surface area is 120 Å². The molecule has 1 aliphatic heterocycles. The molecule has 0 radical (unpaired) electrons. The summed E-state index contributed by atoms with van der Waals surface area (Å²) in [7, 11) is 0. The molecule has 0 aromatic heterocycles. The van der Waals surface area contributed by atoms with Crippen LogP contribution in [0.3, 0.4) is 0 Å². The molecule has 1 aliphatic carbocycles. The minimum absolute atomic E-state index is 0.190. The number of nitrogens with zero attached hydrogens (tertiary/aromatic N) is 1. The fourth-order valence-electron chi connectivity index (χ4n) is 2.58. The fourth-order valence-corrected chi connectivity index (χ4v) is 2.58. The Bertz CT molecular complexity index is 549. The number of fused-ring (bicyclic) bond motifs is 1. The molecule has 7 heteroatoms. The van der Waals surface area contributed by atoms with Gasteiger partial charge in [0, 0.05) is 11.1 Å². The Morgan fingerprint density at radius 3 is 2.38 bits per heavy atom. The molecule has 1 aromatic rings. The summed E-state index contributed by atoms with van der Waals surface area (Å²) >= 11 is 0. The van der Waals surface area contributed by atoms with Crippen molar-refractivity contribution in [3.05, 3.63) is 24.3 Å². The predicted octanol–water partition coefficient (Wildman–Crippen LogP) is 1.10. The molecular formula is C14H15NO6. The van der Waals surface area contributed by atoms with E-state index in [1.54, 1.807) is 19.1 Å². The smallest absolute Gasteiger partial charge is 0.310 e. The molecule has 7 nitrogen and oxygen atoms in total. The summed E-state index contributed by atoms with van der Waals surface area (Å²) in [6.07, 6.45) is 0. The van der Waals surface area contributed by atoms with Gasteiger partial charge in [0.2, 0.25) is 0 Å². The van der Waals surface area contributed by atoms with Crippen molar-refractivity contribution in [3.63, 3.8) is 0 Å². The van der Waals surface area contributed by atoms with Crippen LogP contribution < -0.4 is 9.68 Å². The third kappa shape index (κ3) is 2.52. The van der Waals surface area contributed by atoms with E-state index in [2.05, 4.69) is 0 Å². The maximum Gasteiger partial charge on any atom is 0.310 e. The molecule has 112 valence electrons. The van der Waals surface area contributed by atoms with Crippen molar-refractivity contribution in [3.8, 4) is 11.5 Å². The molecule has 3 unspecified atom stereocenters. The van der Waals surface area contributed by atoms with Crippen LogP contribution in [0, 0.1) is 17.8 Å². The molecule has 1 saturated carbocycles. The van der Waals surface area contributed by atoms with Crippen molar-refractivity contribution < 1.29 is 29.1 Å². The molecule has 0 saturated heterocycles. The second-order valence-electron chi connectivity index (χ2n) is 4.95. The van der Waals surface area contributed by atoms with Gasteiger partial charge in [-0.1, -0.05) is 12.1 Å². The molecule has 1 heterocycles. The first kappa shape index (κ1) is 13.7. The molecule has 0 bridgehead atoms. The van der Waals surface area contributed by atoms with Crippen LogP contribution >= 0.6 is 0 Å². The maximum atomic E-state index is 11.7. The Hall–Kier alpha value is -2.28. The monoisotopic (exact) mass is 293 g/mol. The number of aliphatic carboxylic acids is 1. The van der Waals surface area contributed by atoms with Gasteiger partial charge in [0.25, 0.3) is 0 Å². The molecule has 2 aliphatic rings. The van der Waals surface area contributed by atoms with Gasteiger partial charge in [-0.05, 0) is 19.1 Å². The van der Waals surface area contributed by atoms with Gasteiger partial charge in [-0.2, -0.15) is 0 Å². The van der Waals surface area contributed by atoms with Gasteiger partial charge in [-0.3, -0.25) is 9.59 Å². The highest BCUT2D eigenvalue weighted by atomic mass is 17.0. The summed E-state index contributed by atoms with van der Waals surface area (Å²) in [5, 5.41) is 10.4. The van der Waals surface area contributed by atoms with Gasteiger partial charge < -0.3 is 19.5 Å². The minimum Gasteiger partial charge on any atom is -0.481 e. The van der Waals surface area contributed by atoms with Crippen LogP contribution in [0.1, 0.15) is 6.92 Å². The number of ether oxygens (including phenoxy) is 1. The first-order valence-corrected chi connectivity index (χ1v) is 6.73. The topological polar surface area (TPSA) is 85.3 Å². The largest absolute Gasteiger partial charge is 0.481 e. The standard InChI is InChI=1S/C14H15NO6/c1-2-19-14(18)12-8(11(12)13(16)17)7-15-20-9-5-3-4-6-10(9)21-15/h3-6,8,11-12H,2,7H2,1H3,(H,16,17). The van der Waals surface area contributed by atoms with Crippen LogP contribution in [0.5, 0.6) is 11.5 Å². The molecule has 3 atom stereocenters. The molecule has 1 aromatic carbocycles. The second kappa shape index (κ2) is 5.25. The number of carboxylic acids is 1. The van der Waals surface area contributed by atoms with Crippen molar-refractivity contribution in [2.45, 2.75) is 6.92 Å². The normalized spacial score (nSPS) is 26.4. The summed E-state index contributed by atoms with van der Waals surface area (Å²) in [6, 6.07) is 7.12. The quantitative estimate of drug-likeness (QED) is 0.813. The number of carbonyl (C=O) groups excluding carboxylic acids is 1. The van der Waals surface area contributed by atoms with Gasteiger partial charge in [0.15, 0.2) is 11.5 Å². The number of esters is 1. The van der Waals surface area contributed by atoms with E-state index in [9.17, 15) is 9.59 Å². The van der Waals surface area contributed by atoms with Crippen molar-refractivity contribution in [1.82, 2.24) is 5.23 Å². The number of rotatable bonds is 5. The van der Waals surface area contributed by atoms with Crippen LogP contribution in [0.15, 0.2) is 24.3 Å². The molecule has 0 amide bonds. The molecule has 0 spiro atoms.